The molecule has 2 atom stereocenters. The lowest BCUT2D eigenvalue weighted by Crippen LogP contribution is -2.42. The predicted molar refractivity (Wildman–Crippen MR) is 77.7 cm³/mol. The van der Waals surface area contributed by atoms with Crippen molar-refractivity contribution in [2.75, 3.05) is 0 Å². The maximum Gasteiger partial charge on any atom is 0.0452 e. The van der Waals surface area contributed by atoms with Crippen molar-refractivity contribution in [3.8, 4) is 0 Å². The van der Waals surface area contributed by atoms with Gasteiger partial charge in [0.2, 0.25) is 0 Å². The van der Waals surface area contributed by atoms with Crippen LogP contribution in [0.25, 0.3) is 0 Å². The summed E-state index contributed by atoms with van der Waals surface area (Å²) in [5.41, 5.74) is 1.13. The van der Waals surface area contributed by atoms with Gasteiger partial charge in [0.25, 0.3) is 0 Å². The Labute approximate surface area is 123 Å². The molecule has 0 saturated carbocycles. The first-order valence-electron chi connectivity index (χ1n) is 6.47. The van der Waals surface area contributed by atoms with Crippen LogP contribution in [-0.2, 0) is 6.54 Å². The smallest absolute Gasteiger partial charge is 0.0452 e. The normalized spacial score (nSPS) is 31.8. The zero-order valence-corrected chi connectivity index (χ0v) is 12.3. The quantitative estimate of drug-likeness (QED) is 0.714. The molecule has 2 heterocycles. The highest BCUT2D eigenvalue weighted by Crippen LogP contribution is 2.39. The molecule has 18 heavy (non-hydrogen) atoms. The van der Waals surface area contributed by atoms with Gasteiger partial charge in [-0.3, -0.25) is 4.90 Å². The fraction of sp³-hybridized carbons (Fsp3) is 0.571. The molecule has 2 bridgehead atoms. The van der Waals surface area contributed by atoms with Crippen LogP contribution < -0.4 is 0 Å². The van der Waals surface area contributed by atoms with Crippen LogP contribution in [0.15, 0.2) is 18.2 Å². The van der Waals surface area contributed by atoms with Gasteiger partial charge in [-0.2, -0.15) is 0 Å². The monoisotopic (exact) mass is 303 g/mol. The molecule has 0 spiro atoms. The number of alkyl halides is 1. The van der Waals surface area contributed by atoms with Crippen LogP contribution >= 0.6 is 34.8 Å². The van der Waals surface area contributed by atoms with Crippen LogP contribution in [0.5, 0.6) is 0 Å². The first-order chi connectivity index (χ1) is 8.63. The van der Waals surface area contributed by atoms with Gasteiger partial charge in [0, 0.05) is 34.1 Å². The van der Waals surface area contributed by atoms with Gasteiger partial charge in [0.05, 0.1) is 0 Å². The van der Waals surface area contributed by atoms with Gasteiger partial charge in [0.15, 0.2) is 0 Å². The number of benzene rings is 1. The Balaban J connectivity index is 1.79. The van der Waals surface area contributed by atoms with E-state index >= 15 is 0 Å². The lowest BCUT2D eigenvalue weighted by molar-refractivity contribution is 0.134. The molecule has 2 unspecified atom stereocenters. The molecular formula is C14H16Cl3N. The zero-order chi connectivity index (χ0) is 12.7. The lowest BCUT2D eigenvalue weighted by Gasteiger charge is -2.37. The summed E-state index contributed by atoms with van der Waals surface area (Å²) in [6, 6.07) is 6.96. The highest BCUT2D eigenvalue weighted by molar-refractivity contribution is 6.33. The maximum atomic E-state index is 6.30. The molecule has 2 aliphatic heterocycles. The van der Waals surface area contributed by atoms with Gasteiger partial charge in [0.1, 0.15) is 0 Å². The Hall–Kier alpha value is 0.0500. The molecule has 0 aliphatic carbocycles. The number of hydrogen-bond acceptors (Lipinski definition) is 1. The molecular weight excluding hydrogens is 289 g/mol. The minimum atomic E-state index is 0.355. The second-order valence-electron chi connectivity index (χ2n) is 5.36. The number of fused-ring (bicyclic) bond motifs is 2. The van der Waals surface area contributed by atoms with Crippen molar-refractivity contribution in [2.24, 2.45) is 0 Å². The summed E-state index contributed by atoms with van der Waals surface area (Å²) in [7, 11) is 0. The largest absolute Gasteiger partial charge is 0.293 e. The van der Waals surface area contributed by atoms with E-state index in [1.165, 1.54) is 12.8 Å². The minimum absolute atomic E-state index is 0.355. The van der Waals surface area contributed by atoms with E-state index in [-0.39, 0.29) is 0 Å². The predicted octanol–water partition coefficient (Wildman–Crippen LogP) is 4.73. The fourth-order valence-corrected chi connectivity index (χ4v) is 4.11. The molecule has 0 amide bonds. The van der Waals surface area contributed by atoms with E-state index in [9.17, 15) is 0 Å². The Morgan fingerprint density at radius 1 is 1.11 bits per heavy atom. The Bertz CT molecular complexity index is 435. The first kappa shape index (κ1) is 13.1. The molecule has 1 aromatic carbocycles. The minimum Gasteiger partial charge on any atom is -0.293 e. The molecule has 3 rings (SSSR count). The fourth-order valence-electron chi connectivity index (χ4n) is 3.33. The van der Waals surface area contributed by atoms with Crippen LogP contribution in [0.1, 0.15) is 31.2 Å². The number of nitrogens with zero attached hydrogens (tertiary/aromatic N) is 1. The molecule has 2 fully saturated rings. The summed E-state index contributed by atoms with van der Waals surface area (Å²) in [4.78, 5) is 2.57. The molecule has 1 aromatic rings. The molecule has 0 aromatic heterocycles. The van der Waals surface area contributed by atoms with Gasteiger partial charge in [-0.05, 0) is 49.4 Å². The van der Waals surface area contributed by atoms with Crippen LogP contribution in [0.2, 0.25) is 10.0 Å². The van der Waals surface area contributed by atoms with Crippen LogP contribution in [0.3, 0.4) is 0 Å². The summed E-state index contributed by atoms with van der Waals surface area (Å²) in [6.07, 6.45) is 4.75. The van der Waals surface area contributed by atoms with Gasteiger partial charge >= 0.3 is 0 Å². The number of halogens is 3. The summed E-state index contributed by atoms with van der Waals surface area (Å²) in [5, 5.41) is 1.93. The van der Waals surface area contributed by atoms with E-state index in [0.29, 0.717) is 17.5 Å². The van der Waals surface area contributed by atoms with E-state index in [2.05, 4.69) is 4.90 Å². The van der Waals surface area contributed by atoms with Crippen molar-refractivity contribution in [3.05, 3.63) is 33.8 Å². The number of piperidine rings is 1. The molecule has 1 nitrogen and oxygen atoms in total. The van der Waals surface area contributed by atoms with E-state index in [0.717, 1.165) is 35.0 Å². The number of rotatable bonds is 2. The van der Waals surface area contributed by atoms with E-state index in [1.807, 2.05) is 18.2 Å². The van der Waals surface area contributed by atoms with E-state index in [4.69, 9.17) is 34.8 Å². The number of hydrogen-bond donors (Lipinski definition) is 0. The highest BCUT2D eigenvalue weighted by atomic mass is 35.5. The topological polar surface area (TPSA) is 3.24 Å². The molecule has 4 heteroatoms. The van der Waals surface area contributed by atoms with Crippen molar-refractivity contribution in [3.63, 3.8) is 0 Å². The standard InChI is InChI=1S/C14H16Cl3N/c15-10-1-4-14(17)9(5-10)8-18-12-2-3-13(18)7-11(16)6-12/h1,4-5,11-13H,2-3,6-8H2. The van der Waals surface area contributed by atoms with Crippen molar-refractivity contribution >= 4 is 34.8 Å². The Kier molecular flexibility index (Phi) is 3.77. The molecule has 2 aliphatic rings. The first-order valence-corrected chi connectivity index (χ1v) is 7.66. The van der Waals surface area contributed by atoms with Gasteiger partial charge in [-0.25, -0.2) is 0 Å². The van der Waals surface area contributed by atoms with E-state index in [1.54, 1.807) is 0 Å². The molecule has 0 radical (unpaired) electrons. The summed E-state index contributed by atoms with van der Waals surface area (Å²) in [5.74, 6) is 0. The second kappa shape index (κ2) is 5.20. The van der Waals surface area contributed by atoms with Gasteiger partial charge in [-0.15, -0.1) is 11.6 Å². The average molecular weight is 305 g/mol. The van der Waals surface area contributed by atoms with Gasteiger partial charge < -0.3 is 0 Å². The zero-order valence-electron chi connectivity index (χ0n) is 10.1. The third-order valence-corrected chi connectivity index (χ3v) is 5.15. The molecule has 98 valence electrons. The Morgan fingerprint density at radius 2 is 1.78 bits per heavy atom. The van der Waals surface area contributed by atoms with Crippen LogP contribution in [0.4, 0.5) is 0 Å². The highest BCUT2D eigenvalue weighted by Gasteiger charge is 2.39. The molecule has 0 N–H and O–H groups in total. The lowest BCUT2D eigenvalue weighted by atomic mass is 10.0. The summed E-state index contributed by atoms with van der Waals surface area (Å²) in [6.45, 7) is 0.901. The second-order valence-corrected chi connectivity index (χ2v) is 6.82. The summed E-state index contributed by atoms with van der Waals surface area (Å²) >= 11 is 18.6. The van der Waals surface area contributed by atoms with Gasteiger partial charge in [-0.1, -0.05) is 23.2 Å². The van der Waals surface area contributed by atoms with Crippen molar-refractivity contribution in [2.45, 2.75) is 49.7 Å². The van der Waals surface area contributed by atoms with Crippen LogP contribution in [0, 0.1) is 0 Å². The summed E-state index contributed by atoms with van der Waals surface area (Å²) < 4.78 is 0. The van der Waals surface area contributed by atoms with Crippen molar-refractivity contribution in [1.29, 1.82) is 0 Å². The third-order valence-electron chi connectivity index (χ3n) is 4.19. The molecule has 2 saturated heterocycles. The van der Waals surface area contributed by atoms with Crippen LogP contribution in [-0.4, -0.2) is 22.4 Å². The van der Waals surface area contributed by atoms with E-state index < -0.39 is 0 Å². The Morgan fingerprint density at radius 3 is 2.44 bits per heavy atom. The van der Waals surface area contributed by atoms with Crippen molar-refractivity contribution in [1.82, 2.24) is 4.90 Å². The average Bonchev–Trinajstić information content (AvgIpc) is 2.57. The maximum absolute atomic E-state index is 6.30. The third kappa shape index (κ3) is 2.51. The SMILES string of the molecule is Clc1ccc(Cl)c(CN2C3CCC2CC(Cl)C3)c1. The van der Waals surface area contributed by atoms with Crippen molar-refractivity contribution < 1.29 is 0 Å².